The molecule has 0 unspecified atom stereocenters. The Balaban J connectivity index is 1.63. The van der Waals surface area contributed by atoms with Crippen molar-refractivity contribution in [2.45, 2.75) is 0 Å². The van der Waals surface area contributed by atoms with Crippen LogP contribution in [0.15, 0.2) is 98.3 Å². The largest absolute Gasteiger partial charge is 0.285 e. The average Bonchev–Trinajstić information content (AvgIpc) is 3.26. The molecule has 148 valence electrons. The van der Waals surface area contributed by atoms with Crippen LogP contribution < -0.4 is 10.9 Å². The van der Waals surface area contributed by atoms with Crippen LogP contribution in [0.4, 0.5) is 10.1 Å². The van der Waals surface area contributed by atoms with Gasteiger partial charge in [0.1, 0.15) is 5.82 Å². The second kappa shape index (κ2) is 8.10. The van der Waals surface area contributed by atoms with Crippen molar-refractivity contribution < 1.29 is 4.39 Å². The number of nitrogens with two attached hydrogens (primary N) is 1. The van der Waals surface area contributed by atoms with Gasteiger partial charge in [-0.3, -0.25) is 15.0 Å². The van der Waals surface area contributed by atoms with Gasteiger partial charge < -0.3 is 0 Å². The van der Waals surface area contributed by atoms with Crippen molar-refractivity contribution in [2.24, 2.45) is 5.84 Å². The van der Waals surface area contributed by atoms with Crippen LogP contribution >= 0.6 is 0 Å². The van der Waals surface area contributed by atoms with Crippen LogP contribution in [0.1, 0.15) is 5.69 Å². The molecular weight excluding hydrogens is 379 g/mol. The summed E-state index contributed by atoms with van der Waals surface area (Å²) in [5.41, 5.74) is 4.15. The second-order valence-electron chi connectivity index (χ2n) is 6.56. The van der Waals surface area contributed by atoms with Crippen molar-refractivity contribution in [3.63, 3.8) is 0 Å². The molecule has 0 atom stereocenters. The molecule has 0 radical (unpaired) electrons. The van der Waals surface area contributed by atoms with E-state index in [9.17, 15) is 4.39 Å². The molecule has 0 bridgehead atoms. The zero-order chi connectivity index (χ0) is 21.1. The third-order valence-corrected chi connectivity index (χ3v) is 4.63. The van der Waals surface area contributed by atoms with Gasteiger partial charge in [0.25, 0.3) is 0 Å². The first-order chi connectivity index (χ1) is 14.5. The highest BCUT2D eigenvalue weighted by molar-refractivity contribution is 5.88. The molecule has 0 saturated heterocycles. The molecule has 0 spiro atoms. The maximum Gasteiger partial charge on any atom is 0.124 e. The number of hydrogen-bond acceptors (Lipinski definition) is 5. The van der Waals surface area contributed by atoms with Gasteiger partial charge in [0, 0.05) is 24.0 Å². The molecular formula is C23H19FN6. The van der Waals surface area contributed by atoms with Crippen LogP contribution in [0.25, 0.3) is 22.2 Å². The number of hydrogen-bond donors (Lipinski definition) is 1. The van der Waals surface area contributed by atoms with Gasteiger partial charge in [0.15, 0.2) is 0 Å². The van der Waals surface area contributed by atoms with E-state index < -0.39 is 0 Å². The first kappa shape index (κ1) is 19.2. The number of benzene rings is 1. The number of allylic oxidation sites excluding steroid dienone is 3. The molecule has 4 aromatic rings. The average molecular weight is 398 g/mol. The minimum atomic E-state index is -0.338. The quantitative estimate of drug-likeness (QED) is 0.296. The Hall–Kier alpha value is -4.10. The van der Waals surface area contributed by atoms with Crippen molar-refractivity contribution in [2.75, 3.05) is 5.01 Å². The molecule has 30 heavy (non-hydrogen) atoms. The zero-order valence-corrected chi connectivity index (χ0v) is 16.1. The number of nitrogens with zero attached hydrogens (tertiary/aromatic N) is 5. The number of rotatable bonds is 6. The van der Waals surface area contributed by atoms with E-state index in [1.807, 2.05) is 12.1 Å². The van der Waals surface area contributed by atoms with Crippen LogP contribution in [0.3, 0.4) is 0 Å². The van der Waals surface area contributed by atoms with E-state index in [2.05, 4.69) is 28.2 Å². The smallest absolute Gasteiger partial charge is 0.124 e. The topological polar surface area (TPSA) is 72.9 Å². The minimum absolute atomic E-state index is 0.338. The molecule has 0 aliphatic heterocycles. The predicted molar refractivity (Wildman–Crippen MR) is 117 cm³/mol. The van der Waals surface area contributed by atoms with Gasteiger partial charge >= 0.3 is 0 Å². The Morgan fingerprint density at radius 3 is 2.77 bits per heavy atom. The monoisotopic (exact) mass is 398 g/mol. The molecule has 0 fully saturated rings. The standard InChI is InChI=1S/C23H19FN6/c1-16(9-13-29(25)19-4-3-10-26-15-19)17(2)22-8-12-28-30(22)23-7-11-27-21-6-5-18(24)14-20(21)23/h3-15H,1-2,25H2/b13-9-. The first-order valence-corrected chi connectivity index (χ1v) is 9.14. The highest BCUT2D eigenvalue weighted by Crippen LogP contribution is 2.27. The molecule has 7 heteroatoms. The Morgan fingerprint density at radius 1 is 1.10 bits per heavy atom. The molecule has 0 saturated carbocycles. The van der Waals surface area contributed by atoms with Gasteiger partial charge in [-0.1, -0.05) is 13.2 Å². The van der Waals surface area contributed by atoms with Crippen molar-refractivity contribution in [1.29, 1.82) is 0 Å². The lowest BCUT2D eigenvalue weighted by atomic mass is 10.1. The summed E-state index contributed by atoms with van der Waals surface area (Å²) in [4.78, 5) is 8.34. The number of pyridine rings is 2. The SMILES string of the molecule is C=C(/C=C\N(N)c1cccnc1)C(=C)c1ccnn1-c1ccnc2ccc(F)cc12. The number of hydrazine groups is 1. The van der Waals surface area contributed by atoms with Crippen molar-refractivity contribution in [3.8, 4) is 5.69 Å². The van der Waals surface area contributed by atoms with Crippen molar-refractivity contribution in [1.82, 2.24) is 19.7 Å². The van der Waals surface area contributed by atoms with E-state index in [-0.39, 0.29) is 5.82 Å². The number of halogens is 1. The lowest BCUT2D eigenvalue weighted by molar-refractivity contribution is 0.629. The van der Waals surface area contributed by atoms with Gasteiger partial charge in [0.05, 0.1) is 35.0 Å². The Labute approximate surface area is 173 Å². The Bertz CT molecular complexity index is 1260. The molecule has 0 aliphatic carbocycles. The summed E-state index contributed by atoms with van der Waals surface area (Å²) in [6, 6.07) is 11.7. The van der Waals surface area contributed by atoms with E-state index in [0.29, 0.717) is 27.7 Å². The summed E-state index contributed by atoms with van der Waals surface area (Å²) >= 11 is 0. The lowest BCUT2D eigenvalue weighted by Gasteiger charge is -2.14. The molecule has 1 aromatic carbocycles. The van der Waals surface area contributed by atoms with E-state index >= 15 is 0 Å². The van der Waals surface area contributed by atoms with Gasteiger partial charge in [-0.05, 0) is 59.7 Å². The Kier molecular flexibility index (Phi) is 5.19. The van der Waals surface area contributed by atoms with E-state index in [1.165, 1.54) is 17.1 Å². The number of anilines is 1. The summed E-state index contributed by atoms with van der Waals surface area (Å²) in [7, 11) is 0. The maximum absolute atomic E-state index is 13.8. The van der Waals surface area contributed by atoms with Crippen LogP contribution in [0.2, 0.25) is 0 Å². The van der Waals surface area contributed by atoms with Gasteiger partial charge in [-0.15, -0.1) is 0 Å². The van der Waals surface area contributed by atoms with Crippen LogP contribution in [0.5, 0.6) is 0 Å². The van der Waals surface area contributed by atoms with Crippen LogP contribution in [-0.2, 0) is 0 Å². The van der Waals surface area contributed by atoms with Gasteiger partial charge in [-0.2, -0.15) is 5.10 Å². The van der Waals surface area contributed by atoms with Gasteiger partial charge in [0.2, 0.25) is 0 Å². The Morgan fingerprint density at radius 2 is 1.97 bits per heavy atom. The molecule has 2 N–H and O–H groups in total. The third kappa shape index (κ3) is 3.74. The fourth-order valence-electron chi connectivity index (χ4n) is 3.04. The number of aromatic nitrogens is 4. The lowest BCUT2D eigenvalue weighted by Crippen LogP contribution is -2.24. The van der Waals surface area contributed by atoms with Crippen molar-refractivity contribution >= 4 is 22.2 Å². The second-order valence-corrected chi connectivity index (χ2v) is 6.56. The van der Waals surface area contributed by atoms with Crippen LogP contribution in [-0.4, -0.2) is 19.7 Å². The first-order valence-electron chi connectivity index (χ1n) is 9.14. The highest BCUT2D eigenvalue weighted by Gasteiger charge is 2.13. The van der Waals surface area contributed by atoms with Crippen molar-refractivity contribution in [3.05, 3.63) is 110 Å². The van der Waals surface area contributed by atoms with E-state index in [0.717, 1.165) is 11.4 Å². The molecule has 3 aromatic heterocycles. The number of fused-ring (bicyclic) bond motifs is 1. The normalized spacial score (nSPS) is 11.1. The maximum atomic E-state index is 13.8. The molecule has 6 nitrogen and oxygen atoms in total. The van der Waals surface area contributed by atoms with Crippen LogP contribution in [0, 0.1) is 5.82 Å². The summed E-state index contributed by atoms with van der Waals surface area (Å²) in [6.07, 6.45) is 10.1. The summed E-state index contributed by atoms with van der Waals surface area (Å²) in [5, 5.41) is 6.51. The third-order valence-electron chi connectivity index (χ3n) is 4.63. The summed E-state index contributed by atoms with van der Waals surface area (Å²) < 4.78 is 15.5. The molecule has 4 rings (SSSR count). The predicted octanol–water partition coefficient (Wildman–Crippen LogP) is 4.42. The minimum Gasteiger partial charge on any atom is -0.285 e. The zero-order valence-electron chi connectivity index (χ0n) is 16.1. The van der Waals surface area contributed by atoms with E-state index in [1.54, 1.807) is 59.9 Å². The molecule has 0 amide bonds. The van der Waals surface area contributed by atoms with E-state index in [4.69, 9.17) is 5.84 Å². The molecule has 0 aliphatic rings. The summed E-state index contributed by atoms with van der Waals surface area (Å²) in [6.45, 7) is 8.25. The highest BCUT2D eigenvalue weighted by atomic mass is 19.1. The fraction of sp³-hybridized carbons (Fsp3) is 0. The van der Waals surface area contributed by atoms with Gasteiger partial charge in [-0.25, -0.2) is 14.9 Å². The molecule has 3 heterocycles. The summed E-state index contributed by atoms with van der Waals surface area (Å²) in [5.74, 6) is 5.70. The fourth-order valence-corrected chi connectivity index (χ4v) is 3.04.